The lowest BCUT2D eigenvalue weighted by Crippen LogP contribution is -2.35. The number of benzene rings is 1. The van der Waals surface area contributed by atoms with Crippen LogP contribution in [-0.2, 0) is 6.42 Å². The largest absolute Gasteiger partial charge is 0.496 e. The van der Waals surface area contributed by atoms with Crippen LogP contribution >= 0.6 is 0 Å². The van der Waals surface area contributed by atoms with Crippen LogP contribution in [0.25, 0.3) is 0 Å². The number of hydrogen-bond acceptors (Lipinski definition) is 2. The zero-order chi connectivity index (χ0) is 14.4. The van der Waals surface area contributed by atoms with Gasteiger partial charge in [0.1, 0.15) is 5.75 Å². The molecule has 0 heterocycles. The van der Waals surface area contributed by atoms with Gasteiger partial charge in [-0.15, -0.1) is 0 Å². The first-order valence-corrected chi connectivity index (χ1v) is 8.12. The van der Waals surface area contributed by atoms with Gasteiger partial charge in [0.2, 0.25) is 0 Å². The molecule has 2 N–H and O–H groups in total. The number of para-hydroxylation sites is 1. The Morgan fingerprint density at radius 2 is 1.90 bits per heavy atom. The third kappa shape index (κ3) is 3.99. The molecule has 0 aliphatic heterocycles. The van der Waals surface area contributed by atoms with Crippen LogP contribution in [0.15, 0.2) is 24.3 Å². The van der Waals surface area contributed by atoms with E-state index in [9.17, 15) is 0 Å². The minimum atomic E-state index is 0.272. The molecular weight excluding hydrogens is 246 g/mol. The first-order chi connectivity index (χ1) is 9.74. The van der Waals surface area contributed by atoms with Gasteiger partial charge in [0, 0.05) is 6.04 Å². The van der Waals surface area contributed by atoms with E-state index >= 15 is 0 Å². The van der Waals surface area contributed by atoms with Crippen molar-refractivity contribution < 1.29 is 4.74 Å². The number of nitrogens with two attached hydrogens (primary N) is 1. The van der Waals surface area contributed by atoms with Crippen LogP contribution in [0.5, 0.6) is 5.75 Å². The quantitative estimate of drug-likeness (QED) is 0.845. The highest BCUT2D eigenvalue weighted by Gasteiger charge is 2.25. The molecule has 0 radical (unpaired) electrons. The van der Waals surface area contributed by atoms with E-state index in [1.54, 1.807) is 7.11 Å². The van der Waals surface area contributed by atoms with E-state index in [1.807, 2.05) is 12.1 Å². The lowest BCUT2D eigenvalue weighted by Gasteiger charge is -2.32. The Hall–Kier alpha value is -1.02. The fourth-order valence-electron chi connectivity index (χ4n) is 3.61. The van der Waals surface area contributed by atoms with Crippen LogP contribution in [0.3, 0.4) is 0 Å². The average Bonchev–Trinajstić information content (AvgIpc) is 2.49. The van der Waals surface area contributed by atoms with Crippen LogP contribution in [0.2, 0.25) is 0 Å². The van der Waals surface area contributed by atoms with E-state index in [1.165, 1.54) is 44.1 Å². The second kappa shape index (κ2) is 7.68. The summed E-state index contributed by atoms with van der Waals surface area (Å²) in [5.41, 5.74) is 7.72. The normalized spacial score (nSPS) is 24.4. The smallest absolute Gasteiger partial charge is 0.122 e. The molecule has 2 rings (SSSR count). The summed E-state index contributed by atoms with van der Waals surface area (Å²) in [7, 11) is 1.74. The highest BCUT2D eigenvalue weighted by molar-refractivity contribution is 5.33. The fourth-order valence-corrected chi connectivity index (χ4v) is 3.61. The van der Waals surface area contributed by atoms with Crippen molar-refractivity contribution in [2.75, 3.05) is 7.11 Å². The van der Waals surface area contributed by atoms with Crippen LogP contribution in [0.1, 0.15) is 51.0 Å². The third-order valence-electron chi connectivity index (χ3n) is 4.84. The summed E-state index contributed by atoms with van der Waals surface area (Å²) in [6.45, 7) is 2.29. The van der Waals surface area contributed by atoms with E-state index in [0.29, 0.717) is 5.92 Å². The van der Waals surface area contributed by atoms with Crippen LogP contribution in [-0.4, -0.2) is 13.2 Å². The van der Waals surface area contributed by atoms with Gasteiger partial charge in [-0.3, -0.25) is 0 Å². The maximum Gasteiger partial charge on any atom is 0.122 e. The van der Waals surface area contributed by atoms with Crippen molar-refractivity contribution in [1.29, 1.82) is 0 Å². The van der Waals surface area contributed by atoms with E-state index in [2.05, 4.69) is 19.1 Å². The molecule has 1 unspecified atom stereocenters. The van der Waals surface area contributed by atoms with Gasteiger partial charge in [0.05, 0.1) is 7.11 Å². The third-order valence-corrected chi connectivity index (χ3v) is 4.84. The number of hydrogen-bond donors (Lipinski definition) is 1. The first-order valence-electron chi connectivity index (χ1n) is 8.12. The molecule has 2 heteroatoms. The molecule has 112 valence electrons. The van der Waals surface area contributed by atoms with Gasteiger partial charge in [0.15, 0.2) is 0 Å². The van der Waals surface area contributed by atoms with Gasteiger partial charge in [-0.25, -0.2) is 0 Å². The summed E-state index contributed by atoms with van der Waals surface area (Å²) in [5.74, 6) is 2.62. The molecule has 0 saturated heterocycles. The van der Waals surface area contributed by atoms with Gasteiger partial charge in [-0.1, -0.05) is 50.8 Å². The Kier molecular flexibility index (Phi) is 5.90. The summed E-state index contributed by atoms with van der Waals surface area (Å²) < 4.78 is 5.43. The minimum absolute atomic E-state index is 0.272. The first kappa shape index (κ1) is 15.4. The Morgan fingerprint density at radius 3 is 2.55 bits per heavy atom. The second-order valence-corrected chi connectivity index (χ2v) is 6.25. The molecule has 20 heavy (non-hydrogen) atoms. The Labute approximate surface area is 123 Å². The fraction of sp³-hybridized carbons (Fsp3) is 0.667. The molecular formula is C18H29NO. The van der Waals surface area contributed by atoms with Crippen molar-refractivity contribution in [2.45, 2.75) is 57.9 Å². The highest BCUT2D eigenvalue weighted by Crippen LogP contribution is 2.34. The summed E-state index contributed by atoms with van der Waals surface area (Å²) in [6, 6.07) is 8.53. The van der Waals surface area contributed by atoms with Crippen molar-refractivity contribution >= 4 is 0 Å². The minimum Gasteiger partial charge on any atom is -0.496 e. The molecule has 1 aliphatic carbocycles. The molecule has 2 nitrogen and oxygen atoms in total. The van der Waals surface area contributed by atoms with E-state index in [-0.39, 0.29) is 6.04 Å². The Bertz CT molecular complexity index is 396. The number of rotatable bonds is 6. The predicted molar refractivity (Wildman–Crippen MR) is 85.0 cm³/mol. The predicted octanol–water partition coefficient (Wildman–Crippen LogP) is 4.17. The Morgan fingerprint density at radius 1 is 1.20 bits per heavy atom. The summed E-state index contributed by atoms with van der Waals surface area (Å²) >= 11 is 0. The summed E-state index contributed by atoms with van der Waals surface area (Å²) in [6.07, 6.45) is 9.02. The summed E-state index contributed by atoms with van der Waals surface area (Å²) in [5, 5.41) is 0. The Balaban J connectivity index is 1.88. The molecule has 1 aromatic rings. The zero-order valence-electron chi connectivity index (χ0n) is 13.0. The highest BCUT2D eigenvalue weighted by atomic mass is 16.5. The molecule has 1 atom stereocenters. The second-order valence-electron chi connectivity index (χ2n) is 6.25. The molecule has 1 aliphatic rings. The molecule has 1 aromatic carbocycles. The molecule has 0 bridgehead atoms. The van der Waals surface area contributed by atoms with Gasteiger partial charge >= 0.3 is 0 Å². The van der Waals surface area contributed by atoms with Crippen molar-refractivity contribution in [1.82, 2.24) is 0 Å². The summed E-state index contributed by atoms with van der Waals surface area (Å²) in [4.78, 5) is 0. The van der Waals surface area contributed by atoms with Gasteiger partial charge < -0.3 is 10.5 Å². The molecule has 0 spiro atoms. The van der Waals surface area contributed by atoms with Crippen LogP contribution < -0.4 is 10.5 Å². The SMILES string of the molecule is CCCC1CCC(C(N)Cc2ccccc2OC)CC1. The van der Waals surface area contributed by atoms with Crippen molar-refractivity contribution in [3.05, 3.63) is 29.8 Å². The van der Waals surface area contributed by atoms with E-state index < -0.39 is 0 Å². The molecule has 1 saturated carbocycles. The average molecular weight is 275 g/mol. The van der Waals surface area contributed by atoms with Gasteiger partial charge in [0.25, 0.3) is 0 Å². The van der Waals surface area contributed by atoms with Crippen LogP contribution in [0, 0.1) is 11.8 Å². The van der Waals surface area contributed by atoms with Crippen molar-refractivity contribution in [2.24, 2.45) is 17.6 Å². The van der Waals surface area contributed by atoms with Crippen molar-refractivity contribution in [3.8, 4) is 5.75 Å². The topological polar surface area (TPSA) is 35.2 Å². The van der Waals surface area contributed by atoms with Crippen molar-refractivity contribution in [3.63, 3.8) is 0 Å². The van der Waals surface area contributed by atoms with E-state index in [4.69, 9.17) is 10.5 Å². The number of methoxy groups -OCH3 is 1. The zero-order valence-corrected chi connectivity index (χ0v) is 13.0. The lowest BCUT2D eigenvalue weighted by atomic mass is 9.76. The van der Waals surface area contributed by atoms with Gasteiger partial charge in [-0.2, -0.15) is 0 Å². The molecule has 1 fully saturated rings. The maximum absolute atomic E-state index is 6.47. The van der Waals surface area contributed by atoms with Gasteiger partial charge in [-0.05, 0) is 42.7 Å². The molecule has 0 amide bonds. The maximum atomic E-state index is 6.47. The van der Waals surface area contributed by atoms with Crippen LogP contribution in [0.4, 0.5) is 0 Å². The monoisotopic (exact) mass is 275 g/mol. The molecule has 0 aromatic heterocycles. The lowest BCUT2D eigenvalue weighted by molar-refractivity contribution is 0.232. The number of ether oxygens (including phenoxy) is 1. The van der Waals surface area contributed by atoms with E-state index in [0.717, 1.165) is 18.1 Å². The standard InChI is InChI=1S/C18H29NO/c1-3-6-14-9-11-15(12-10-14)17(19)13-16-7-4-5-8-18(16)20-2/h4-5,7-8,14-15,17H,3,6,9-13,19H2,1-2H3.